The van der Waals surface area contributed by atoms with Crippen molar-refractivity contribution in [2.45, 2.75) is 26.1 Å². The SMILES string of the molecule is CC(C)Oc1cccc(C(O)c2cnn(C)c2N)c1. The summed E-state index contributed by atoms with van der Waals surface area (Å²) >= 11 is 0. The molecule has 0 aliphatic carbocycles. The first kappa shape index (κ1) is 13.4. The number of anilines is 1. The van der Waals surface area contributed by atoms with E-state index in [2.05, 4.69) is 5.10 Å². The molecule has 2 aromatic rings. The van der Waals surface area contributed by atoms with Gasteiger partial charge in [-0.25, -0.2) is 0 Å². The molecule has 19 heavy (non-hydrogen) atoms. The molecule has 2 rings (SSSR count). The first-order valence-corrected chi connectivity index (χ1v) is 6.21. The molecule has 0 radical (unpaired) electrons. The van der Waals surface area contributed by atoms with Gasteiger partial charge >= 0.3 is 0 Å². The third-order valence-corrected chi connectivity index (χ3v) is 2.85. The molecule has 1 aromatic carbocycles. The number of nitrogens with two attached hydrogens (primary N) is 1. The van der Waals surface area contributed by atoms with E-state index >= 15 is 0 Å². The summed E-state index contributed by atoms with van der Waals surface area (Å²) in [6, 6.07) is 7.37. The second kappa shape index (κ2) is 5.32. The average Bonchev–Trinajstić information content (AvgIpc) is 2.69. The highest BCUT2D eigenvalue weighted by Gasteiger charge is 2.17. The normalized spacial score (nSPS) is 12.7. The minimum atomic E-state index is -0.801. The number of nitrogens with zero attached hydrogens (tertiary/aromatic N) is 2. The highest BCUT2D eigenvalue weighted by molar-refractivity contribution is 5.45. The largest absolute Gasteiger partial charge is 0.491 e. The van der Waals surface area contributed by atoms with Gasteiger partial charge < -0.3 is 15.6 Å². The molecule has 1 aromatic heterocycles. The van der Waals surface area contributed by atoms with Crippen LogP contribution < -0.4 is 10.5 Å². The number of ether oxygens (including phenoxy) is 1. The fourth-order valence-electron chi connectivity index (χ4n) is 1.88. The zero-order valence-electron chi connectivity index (χ0n) is 11.4. The van der Waals surface area contributed by atoms with Crippen molar-refractivity contribution in [1.29, 1.82) is 0 Å². The van der Waals surface area contributed by atoms with Crippen LogP contribution in [0.1, 0.15) is 31.1 Å². The minimum absolute atomic E-state index is 0.0934. The van der Waals surface area contributed by atoms with E-state index in [-0.39, 0.29) is 6.10 Å². The van der Waals surface area contributed by atoms with E-state index < -0.39 is 6.10 Å². The van der Waals surface area contributed by atoms with Gasteiger partial charge in [-0.15, -0.1) is 0 Å². The summed E-state index contributed by atoms with van der Waals surface area (Å²) in [7, 11) is 1.74. The number of aryl methyl sites for hydroxylation is 1. The van der Waals surface area contributed by atoms with Crippen molar-refractivity contribution in [3.05, 3.63) is 41.6 Å². The van der Waals surface area contributed by atoms with Gasteiger partial charge in [-0.1, -0.05) is 12.1 Å². The topological polar surface area (TPSA) is 73.3 Å². The Balaban J connectivity index is 2.28. The molecule has 0 aliphatic rings. The van der Waals surface area contributed by atoms with Crippen molar-refractivity contribution < 1.29 is 9.84 Å². The molecule has 0 saturated carbocycles. The zero-order chi connectivity index (χ0) is 14.0. The first-order valence-electron chi connectivity index (χ1n) is 6.21. The molecule has 0 bridgehead atoms. The maximum Gasteiger partial charge on any atom is 0.127 e. The Hall–Kier alpha value is -2.01. The quantitative estimate of drug-likeness (QED) is 0.881. The highest BCUT2D eigenvalue weighted by Crippen LogP contribution is 2.28. The minimum Gasteiger partial charge on any atom is -0.491 e. The molecule has 0 fully saturated rings. The van der Waals surface area contributed by atoms with Gasteiger partial charge in [0.05, 0.1) is 12.3 Å². The average molecular weight is 261 g/mol. The molecule has 102 valence electrons. The smallest absolute Gasteiger partial charge is 0.127 e. The van der Waals surface area contributed by atoms with Crippen LogP contribution in [0.25, 0.3) is 0 Å². The van der Waals surface area contributed by atoms with Crippen molar-refractivity contribution in [2.75, 3.05) is 5.73 Å². The standard InChI is InChI=1S/C14H19N3O2/c1-9(2)19-11-6-4-5-10(7-11)13(18)12-8-16-17(3)14(12)15/h4-9,13,18H,15H2,1-3H3. The summed E-state index contributed by atoms with van der Waals surface area (Å²) in [6.07, 6.45) is 0.871. The number of rotatable bonds is 4. The van der Waals surface area contributed by atoms with Crippen molar-refractivity contribution in [1.82, 2.24) is 9.78 Å². The van der Waals surface area contributed by atoms with Gasteiger partial charge in [-0.2, -0.15) is 5.10 Å². The first-order chi connectivity index (χ1) is 8.99. The van der Waals surface area contributed by atoms with Gasteiger partial charge in [-0.05, 0) is 31.5 Å². The monoisotopic (exact) mass is 261 g/mol. The van der Waals surface area contributed by atoms with Crippen LogP contribution in [0.5, 0.6) is 5.75 Å². The number of aliphatic hydroxyl groups excluding tert-OH is 1. The number of benzene rings is 1. The van der Waals surface area contributed by atoms with E-state index in [4.69, 9.17) is 10.5 Å². The number of hydrogen-bond donors (Lipinski definition) is 2. The van der Waals surface area contributed by atoms with Crippen molar-refractivity contribution in [3.63, 3.8) is 0 Å². The Morgan fingerprint density at radius 2 is 2.11 bits per heavy atom. The number of hydrogen-bond acceptors (Lipinski definition) is 4. The lowest BCUT2D eigenvalue weighted by molar-refractivity contribution is 0.217. The highest BCUT2D eigenvalue weighted by atomic mass is 16.5. The van der Waals surface area contributed by atoms with Crippen LogP contribution in [0.2, 0.25) is 0 Å². The number of nitrogen functional groups attached to an aromatic ring is 1. The molecule has 5 heteroatoms. The van der Waals surface area contributed by atoms with Gasteiger partial charge in [-0.3, -0.25) is 4.68 Å². The summed E-state index contributed by atoms with van der Waals surface area (Å²) in [5, 5.41) is 14.4. The van der Waals surface area contributed by atoms with Crippen LogP contribution in [-0.2, 0) is 7.05 Å². The number of aliphatic hydroxyl groups is 1. The molecular weight excluding hydrogens is 242 g/mol. The van der Waals surface area contributed by atoms with Crippen LogP contribution in [0.15, 0.2) is 30.5 Å². The lowest BCUT2D eigenvalue weighted by atomic mass is 10.0. The zero-order valence-corrected chi connectivity index (χ0v) is 11.4. The predicted octanol–water partition coefficient (Wildman–Crippen LogP) is 1.87. The van der Waals surface area contributed by atoms with Gasteiger partial charge in [0.25, 0.3) is 0 Å². The second-order valence-electron chi connectivity index (χ2n) is 4.75. The van der Waals surface area contributed by atoms with Crippen LogP contribution >= 0.6 is 0 Å². The Bertz CT molecular complexity index is 564. The molecule has 1 heterocycles. The fraction of sp³-hybridized carbons (Fsp3) is 0.357. The maximum atomic E-state index is 10.4. The van der Waals surface area contributed by atoms with Gasteiger partial charge in [0, 0.05) is 12.6 Å². The van der Waals surface area contributed by atoms with E-state index in [0.717, 1.165) is 11.3 Å². The molecule has 1 unspecified atom stereocenters. The molecule has 1 atom stereocenters. The molecule has 0 aliphatic heterocycles. The molecule has 5 nitrogen and oxygen atoms in total. The predicted molar refractivity (Wildman–Crippen MR) is 73.9 cm³/mol. The summed E-state index contributed by atoms with van der Waals surface area (Å²) < 4.78 is 7.15. The third-order valence-electron chi connectivity index (χ3n) is 2.85. The summed E-state index contributed by atoms with van der Waals surface area (Å²) in [6.45, 7) is 3.92. The Morgan fingerprint density at radius 1 is 1.37 bits per heavy atom. The fourth-order valence-corrected chi connectivity index (χ4v) is 1.88. The van der Waals surface area contributed by atoms with Crippen LogP contribution in [0.4, 0.5) is 5.82 Å². The molecule has 0 spiro atoms. The second-order valence-corrected chi connectivity index (χ2v) is 4.75. The Labute approximate surface area is 112 Å². The van der Waals surface area contributed by atoms with Crippen molar-refractivity contribution >= 4 is 5.82 Å². The van der Waals surface area contributed by atoms with E-state index in [9.17, 15) is 5.11 Å². The molecule has 3 N–H and O–H groups in total. The van der Waals surface area contributed by atoms with Crippen molar-refractivity contribution in [2.24, 2.45) is 7.05 Å². The van der Waals surface area contributed by atoms with E-state index in [0.29, 0.717) is 11.4 Å². The summed E-state index contributed by atoms with van der Waals surface area (Å²) in [4.78, 5) is 0. The van der Waals surface area contributed by atoms with Gasteiger partial charge in [0.1, 0.15) is 17.7 Å². The Morgan fingerprint density at radius 3 is 2.68 bits per heavy atom. The van der Waals surface area contributed by atoms with E-state index in [1.807, 2.05) is 38.1 Å². The Kier molecular flexibility index (Phi) is 3.76. The maximum absolute atomic E-state index is 10.4. The van der Waals surface area contributed by atoms with Gasteiger partial charge in [0.2, 0.25) is 0 Å². The lowest BCUT2D eigenvalue weighted by Gasteiger charge is -2.14. The molecule has 0 amide bonds. The van der Waals surface area contributed by atoms with Crippen molar-refractivity contribution in [3.8, 4) is 5.75 Å². The van der Waals surface area contributed by atoms with Crippen LogP contribution in [0, 0.1) is 0 Å². The summed E-state index contributed by atoms with van der Waals surface area (Å²) in [5.74, 6) is 1.19. The summed E-state index contributed by atoms with van der Waals surface area (Å²) in [5.41, 5.74) is 7.20. The van der Waals surface area contributed by atoms with Crippen LogP contribution in [-0.4, -0.2) is 21.0 Å². The third kappa shape index (κ3) is 2.88. The van der Waals surface area contributed by atoms with E-state index in [1.54, 1.807) is 13.2 Å². The van der Waals surface area contributed by atoms with Crippen LogP contribution in [0.3, 0.4) is 0 Å². The number of aromatic nitrogens is 2. The van der Waals surface area contributed by atoms with Gasteiger partial charge in [0.15, 0.2) is 0 Å². The lowest BCUT2D eigenvalue weighted by Crippen LogP contribution is -2.07. The van der Waals surface area contributed by atoms with E-state index in [1.165, 1.54) is 4.68 Å². The molecule has 0 saturated heterocycles. The molecular formula is C14H19N3O2.